The van der Waals surface area contributed by atoms with Crippen LogP contribution in [0.5, 0.6) is 5.75 Å². The summed E-state index contributed by atoms with van der Waals surface area (Å²) in [5, 5.41) is 6.03. The first-order valence-corrected chi connectivity index (χ1v) is 12.8. The SMILES string of the molecule is COc1ccccc1[C@H](C(=O)NC(C)C)N1C(=O)[C@@H](C2Cc3ccccc3C2)NC(=O)[C@H]1CC(C)C. The molecule has 4 rings (SSSR count). The minimum atomic E-state index is -0.989. The summed E-state index contributed by atoms with van der Waals surface area (Å²) in [7, 11) is 1.55. The highest BCUT2D eigenvalue weighted by Crippen LogP contribution is 2.37. The third-order valence-electron chi connectivity index (χ3n) is 7.10. The van der Waals surface area contributed by atoms with Crippen LogP contribution < -0.4 is 15.4 Å². The van der Waals surface area contributed by atoms with Crippen molar-refractivity contribution < 1.29 is 19.1 Å². The lowest BCUT2D eigenvalue weighted by Crippen LogP contribution is -2.67. The predicted octanol–water partition coefficient (Wildman–Crippen LogP) is 3.42. The largest absolute Gasteiger partial charge is 0.496 e. The van der Waals surface area contributed by atoms with Gasteiger partial charge >= 0.3 is 0 Å². The molecule has 0 saturated carbocycles. The van der Waals surface area contributed by atoms with Crippen molar-refractivity contribution >= 4 is 17.7 Å². The van der Waals surface area contributed by atoms with Crippen molar-refractivity contribution in [1.29, 1.82) is 0 Å². The molecule has 0 radical (unpaired) electrons. The Hall–Kier alpha value is -3.35. The van der Waals surface area contributed by atoms with Gasteiger partial charge in [0.05, 0.1) is 7.11 Å². The lowest BCUT2D eigenvalue weighted by Gasteiger charge is -2.45. The molecule has 1 saturated heterocycles. The Morgan fingerprint density at radius 2 is 1.64 bits per heavy atom. The van der Waals surface area contributed by atoms with Crippen molar-refractivity contribution in [3.05, 3.63) is 65.2 Å². The fourth-order valence-corrected chi connectivity index (χ4v) is 5.55. The number of fused-ring (bicyclic) bond motifs is 1. The van der Waals surface area contributed by atoms with E-state index in [4.69, 9.17) is 4.74 Å². The maximum atomic E-state index is 14.3. The molecule has 2 N–H and O–H groups in total. The molecule has 36 heavy (non-hydrogen) atoms. The Morgan fingerprint density at radius 1 is 1.03 bits per heavy atom. The first-order chi connectivity index (χ1) is 17.2. The van der Waals surface area contributed by atoms with Crippen molar-refractivity contribution in [3.8, 4) is 5.75 Å². The van der Waals surface area contributed by atoms with Gasteiger partial charge in [-0.3, -0.25) is 14.4 Å². The maximum Gasteiger partial charge on any atom is 0.247 e. The average Bonchev–Trinajstić information content (AvgIpc) is 3.26. The molecule has 1 heterocycles. The van der Waals surface area contributed by atoms with Crippen LogP contribution in [0.1, 0.15) is 56.8 Å². The summed E-state index contributed by atoms with van der Waals surface area (Å²) < 4.78 is 5.60. The van der Waals surface area contributed by atoms with E-state index in [-0.39, 0.29) is 35.6 Å². The Labute approximate surface area is 213 Å². The molecule has 2 aromatic rings. The zero-order chi connectivity index (χ0) is 26.0. The predicted molar refractivity (Wildman–Crippen MR) is 138 cm³/mol. The summed E-state index contributed by atoms with van der Waals surface area (Å²) in [5.74, 6) is -0.148. The number of carbonyl (C=O) groups excluding carboxylic acids is 3. The second-order valence-corrected chi connectivity index (χ2v) is 10.6. The molecule has 0 spiro atoms. The second kappa shape index (κ2) is 10.7. The number of hydrogen-bond acceptors (Lipinski definition) is 4. The van der Waals surface area contributed by atoms with E-state index in [9.17, 15) is 14.4 Å². The van der Waals surface area contributed by atoms with Crippen molar-refractivity contribution in [2.75, 3.05) is 7.11 Å². The van der Waals surface area contributed by atoms with Crippen LogP contribution in [-0.4, -0.2) is 47.9 Å². The molecule has 2 aromatic carbocycles. The average molecular weight is 492 g/mol. The molecular weight excluding hydrogens is 454 g/mol. The summed E-state index contributed by atoms with van der Waals surface area (Å²) in [6.45, 7) is 7.79. The maximum absolute atomic E-state index is 14.3. The Kier molecular flexibility index (Phi) is 7.67. The number of benzene rings is 2. The number of hydrogen-bond donors (Lipinski definition) is 2. The number of nitrogens with zero attached hydrogens (tertiary/aromatic N) is 1. The van der Waals surface area contributed by atoms with Crippen LogP contribution in [0, 0.1) is 11.8 Å². The molecule has 1 aliphatic heterocycles. The van der Waals surface area contributed by atoms with Crippen molar-refractivity contribution in [2.45, 2.75) is 71.1 Å². The highest BCUT2D eigenvalue weighted by molar-refractivity contribution is 6.00. The van der Waals surface area contributed by atoms with E-state index in [0.29, 0.717) is 30.6 Å². The van der Waals surface area contributed by atoms with Crippen LogP contribution in [0.3, 0.4) is 0 Å². The Bertz CT molecular complexity index is 1100. The molecule has 0 bridgehead atoms. The number of methoxy groups -OCH3 is 1. The first-order valence-electron chi connectivity index (χ1n) is 12.8. The van der Waals surface area contributed by atoms with E-state index in [1.165, 1.54) is 11.1 Å². The van der Waals surface area contributed by atoms with E-state index in [0.717, 1.165) is 0 Å². The molecule has 1 fully saturated rings. The molecule has 3 amide bonds. The molecule has 0 aromatic heterocycles. The number of nitrogens with one attached hydrogen (secondary N) is 2. The summed E-state index contributed by atoms with van der Waals surface area (Å²) >= 11 is 0. The third-order valence-corrected chi connectivity index (χ3v) is 7.10. The molecule has 2 aliphatic rings. The number of carbonyl (C=O) groups is 3. The molecular formula is C29H37N3O4. The van der Waals surface area contributed by atoms with Gasteiger partial charge in [0.25, 0.3) is 0 Å². The van der Waals surface area contributed by atoms with Crippen LogP contribution in [0.4, 0.5) is 0 Å². The number of amides is 3. The van der Waals surface area contributed by atoms with E-state index in [2.05, 4.69) is 22.8 Å². The number of para-hydroxylation sites is 1. The van der Waals surface area contributed by atoms with Gasteiger partial charge in [0.1, 0.15) is 23.9 Å². The van der Waals surface area contributed by atoms with Crippen LogP contribution in [0.25, 0.3) is 0 Å². The van der Waals surface area contributed by atoms with Gasteiger partial charge in [-0.05, 0) is 62.1 Å². The lowest BCUT2D eigenvalue weighted by atomic mass is 9.87. The normalized spacial score (nSPS) is 20.9. The van der Waals surface area contributed by atoms with E-state index in [1.807, 2.05) is 52.0 Å². The molecule has 0 unspecified atom stereocenters. The van der Waals surface area contributed by atoms with E-state index >= 15 is 0 Å². The fraction of sp³-hybridized carbons (Fsp3) is 0.483. The number of ether oxygens (including phenoxy) is 1. The monoisotopic (exact) mass is 491 g/mol. The Balaban J connectivity index is 1.78. The summed E-state index contributed by atoms with van der Waals surface area (Å²) in [4.78, 5) is 43.2. The molecule has 7 heteroatoms. The second-order valence-electron chi connectivity index (χ2n) is 10.6. The van der Waals surface area contributed by atoms with Gasteiger partial charge in [0.15, 0.2) is 0 Å². The molecule has 1 aliphatic carbocycles. The topological polar surface area (TPSA) is 87.7 Å². The highest BCUT2D eigenvalue weighted by Gasteiger charge is 2.50. The molecule has 192 valence electrons. The molecule has 7 nitrogen and oxygen atoms in total. The summed E-state index contributed by atoms with van der Waals surface area (Å²) in [6.07, 6.45) is 1.88. The van der Waals surface area contributed by atoms with Gasteiger partial charge in [0.2, 0.25) is 17.7 Å². The van der Waals surface area contributed by atoms with Crippen LogP contribution in [0.15, 0.2) is 48.5 Å². The summed E-state index contributed by atoms with van der Waals surface area (Å²) in [6, 6.07) is 12.8. The smallest absolute Gasteiger partial charge is 0.247 e. The standard InChI is InChI=1S/C29H37N3O4/c1-17(2)14-23-27(33)31-25(21-15-19-10-6-7-11-20(19)16-21)29(35)32(23)26(28(34)30-18(3)4)22-12-8-9-13-24(22)36-5/h6-13,17-18,21,23,25-26H,14-16H2,1-5H3,(H,30,34)(H,31,33)/t23-,25-,26-/m1/s1. The first kappa shape index (κ1) is 25.7. The van der Waals surface area contributed by atoms with Gasteiger partial charge in [-0.1, -0.05) is 56.3 Å². The minimum Gasteiger partial charge on any atom is -0.496 e. The number of rotatable bonds is 8. The van der Waals surface area contributed by atoms with Crippen LogP contribution >= 0.6 is 0 Å². The zero-order valence-electron chi connectivity index (χ0n) is 21.8. The van der Waals surface area contributed by atoms with Gasteiger partial charge in [0, 0.05) is 11.6 Å². The van der Waals surface area contributed by atoms with Crippen LogP contribution in [0.2, 0.25) is 0 Å². The van der Waals surface area contributed by atoms with Gasteiger partial charge in [-0.25, -0.2) is 0 Å². The van der Waals surface area contributed by atoms with Crippen molar-refractivity contribution in [3.63, 3.8) is 0 Å². The van der Waals surface area contributed by atoms with Crippen molar-refractivity contribution in [2.24, 2.45) is 11.8 Å². The fourth-order valence-electron chi connectivity index (χ4n) is 5.55. The number of piperazine rings is 1. The van der Waals surface area contributed by atoms with Crippen LogP contribution in [-0.2, 0) is 27.2 Å². The quantitative estimate of drug-likeness (QED) is 0.592. The zero-order valence-corrected chi connectivity index (χ0v) is 21.8. The van der Waals surface area contributed by atoms with E-state index < -0.39 is 18.1 Å². The molecule has 3 atom stereocenters. The minimum absolute atomic E-state index is 0.0622. The van der Waals surface area contributed by atoms with Gasteiger partial charge in [-0.15, -0.1) is 0 Å². The Morgan fingerprint density at radius 3 is 2.22 bits per heavy atom. The summed E-state index contributed by atoms with van der Waals surface area (Å²) in [5.41, 5.74) is 2.99. The van der Waals surface area contributed by atoms with Gasteiger partial charge < -0.3 is 20.3 Å². The van der Waals surface area contributed by atoms with Gasteiger partial charge in [-0.2, -0.15) is 0 Å². The third kappa shape index (κ3) is 5.11. The highest BCUT2D eigenvalue weighted by atomic mass is 16.5. The van der Waals surface area contributed by atoms with E-state index in [1.54, 1.807) is 24.1 Å². The lowest BCUT2D eigenvalue weighted by molar-refractivity contribution is -0.158. The van der Waals surface area contributed by atoms with Crippen molar-refractivity contribution in [1.82, 2.24) is 15.5 Å².